The van der Waals surface area contributed by atoms with E-state index >= 15 is 0 Å². The topological polar surface area (TPSA) is 86.5 Å². The smallest absolute Gasteiger partial charge is 0.326 e. The molecule has 0 aliphatic carbocycles. The Labute approximate surface area is 158 Å². The normalized spacial score (nSPS) is 12.8. The molecule has 0 radical (unpaired) electrons. The molecule has 0 aliphatic heterocycles. The minimum Gasteiger partial charge on any atom is -0.480 e. The SMILES string of the molecule is CCCCCC(C(=O)O)n1c(C(OCC)OCC)cc2cnc(Cl)nc21. The molecule has 0 spiro atoms. The second kappa shape index (κ2) is 9.85. The van der Waals surface area contributed by atoms with Crippen LogP contribution in [0.3, 0.4) is 0 Å². The van der Waals surface area contributed by atoms with Gasteiger partial charge in [-0.3, -0.25) is 0 Å². The van der Waals surface area contributed by atoms with Gasteiger partial charge >= 0.3 is 5.97 Å². The molecule has 0 fully saturated rings. The number of ether oxygens (including phenoxy) is 2. The Morgan fingerprint density at radius 3 is 2.54 bits per heavy atom. The molecule has 2 rings (SSSR count). The van der Waals surface area contributed by atoms with E-state index in [-0.39, 0.29) is 5.28 Å². The highest BCUT2D eigenvalue weighted by molar-refractivity contribution is 6.28. The van der Waals surface area contributed by atoms with Crippen molar-refractivity contribution in [1.82, 2.24) is 14.5 Å². The van der Waals surface area contributed by atoms with Gasteiger partial charge in [0.2, 0.25) is 5.28 Å². The molecule has 2 aromatic rings. The van der Waals surface area contributed by atoms with Gasteiger partial charge in [-0.2, -0.15) is 4.98 Å². The van der Waals surface area contributed by atoms with Crippen LogP contribution in [-0.2, 0) is 14.3 Å². The number of fused-ring (bicyclic) bond motifs is 1. The Morgan fingerprint density at radius 1 is 1.27 bits per heavy atom. The van der Waals surface area contributed by atoms with Crippen molar-refractivity contribution < 1.29 is 19.4 Å². The van der Waals surface area contributed by atoms with Crippen LogP contribution in [0.2, 0.25) is 5.28 Å². The lowest BCUT2D eigenvalue weighted by Crippen LogP contribution is -2.24. The van der Waals surface area contributed by atoms with E-state index in [4.69, 9.17) is 21.1 Å². The maximum absolute atomic E-state index is 12.0. The number of rotatable bonds is 11. The summed E-state index contributed by atoms with van der Waals surface area (Å²) in [6.07, 6.45) is 4.19. The third kappa shape index (κ3) is 4.72. The summed E-state index contributed by atoms with van der Waals surface area (Å²) in [4.78, 5) is 20.3. The van der Waals surface area contributed by atoms with E-state index in [1.54, 1.807) is 10.8 Å². The fourth-order valence-electron chi connectivity index (χ4n) is 2.99. The Balaban J connectivity index is 2.59. The Hall–Kier alpha value is -1.70. The Kier molecular flexibility index (Phi) is 7.81. The van der Waals surface area contributed by atoms with Gasteiger partial charge in [0.25, 0.3) is 0 Å². The number of nitrogens with zero attached hydrogens (tertiary/aromatic N) is 3. The highest BCUT2D eigenvalue weighted by Gasteiger charge is 2.29. The first-order valence-electron chi connectivity index (χ1n) is 9.02. The van der Waals surface area contributed by atoms with Crippen LogP contribution in [0.5, 0.6) is 0 Å². The fraction of sp³-hybridized carbons (Fsp3) is 0.611. The van der Waals surface area contributed by atoms with Crippen molar-refractivity contribution in [2.45, 2.75) is 58.8 Å². The highest BCUT2D eigenvalue weighted by atomic mass is 35.5. The monoisotopic (exact) mass is 383 g/mol. The fourth-order valence-corrected chi connectivity index (χ4v) is 3.12. The largest absolute Gasteiger partial charge is 0.480 e. The minimum absolute atomic E-state index is 0.0745. The van der Waals surface area contributed by atoms with Crippen molar-refractivity contribution in [3.8, 4) is 0 Å². The van der Waals surface area contributed by atoms with Gasteiger partial charge in [-0.25, -0.2) is 9.78 Å². The molecule has 1 N–H and O–H groups in total. The number of carboxylic acids is 1. The molecule has 2 aromatic heterocycles. The van der Waals surface area contributed by atoms with Gasteiger partial charge in [-0.1, -0.05) is 26.2 Å². The average Bonchev–Trinajstić information content (AvgIpc) is 2.96. The molecule has 1 unspecified atom stereocenters. The summed E-state index contributed by atoms with van der Waals surface area (Å²) in [5, 5.41) is 10.6. The van der Waals surface area contributed by atoms with Crippen molar-refractivity contribution in [3.05, 3.63) is 23.2 Å². The van der Waals surface area contributed by atoms with Gasteiger partial charge in [0, 0.05) is 24.8 Å². The summed E-state index contributed by atoms with van der Waals surface area (Å²) in [5.74, 6) is -0.915. The Morgan fingerprint density at radius 2 is 1.96 bits per heavy atom. The van der Waals surface area contributed by atoms with Crippen LogP contribution in [0.1, 0.15) is 64.5 Å². The zero-order valence-corrected chi connectivity index (χ0v) is 16.2. The standard InChI is InChI=1S/C18H26ClN3O4/c1-4-7-8-9-13(16(23)24)22-14(17(25-5-2)26-6-3)10-12-11-20-18(19)21-15(12)22/h10-11,13,17H,4-9H2,1-3H3,(H,23,24). The number of hydrogen-bond donors (Lipinski definition) is 1. The Bertz CT molecular complexity index is 729. The number of halogens is 1. The highest BCUT2D eigenvalue weighted by Crippen LogP contribution is 2.32. The van der Waals surface area contributed by atoms with Gasteiger partial charge in [-0.05, 0) is 37.9 Å². The number of aromatic nitrogens is 3. The van der Waals surface area contributed by atoms with Crippen LogP contribution >= 0.6 is 11.6 Å². The molecular weight excluding hydrogens is 358 g/mol. The predicted molar refractivity (Wildman–Crippen MR) is 99.3 cm³/mol. The number of carbonyl (C=O) groups is 1. The molecule has 0 aromatic carbocycles. The second-order valence-corrected chi connectivity index (χ2v) is 6.29. The second-order valence-electron chi connectivity index (χ2n) is 5.95. The first-order valence-corrected chi connectivity index (χ1v) is 9.40. The third-order valence-corrected chi connectivity index (χ3v) is 4.31. The first kappa shape index (κ1) is 20.6. The molecular formula is C18H26ClN3O4. The van der Waals surface area contributed by atoms with Crippen LogP contribution < -0.4 is 0 Å². The summed E-state index contributed by atoms with van der Waals surface area (Å²) in [7, 11) is 0. The van der Waals surface area contributed by atoms with Crippen LogP contribution in [0.4, 0.5) is 0 Å². The molecule has 0 aliphatic rings. The van der Waals surface area contributed by atoms with Crippen LogP contribution in [0.25, 0.3) is 11.0 Å². The third-order valence-electron chi connectivity index (χ3n) is 4.13. The van der Waals surface area contributed by atoms with Crippen LogP contribution in [-0.4, -0.2) is 38.8 Å². The minimum atomic E-state index is -0.915. The summed E-state index contributed by atoms with van der Waals surface area (Å²) >= 11 is 5.97. The summed E-state index contributed by atoms with van der Waals surface area (Å²) in [6, 6.07) is 1.04. The molecule has 7 nitrogen and oxygen atoms in total. The molecule has 1 atom stereocenters. The zero-order valence-electron chi connectivity index (χ0n) is 15.4. The molecule has 0 amide bonds. The van der Waals surface area contributed by atoms with Gasteiger partial charge < -0.3 is 19.1 Å². The van der Waals surface area contributed by atoms with Crippen molar-refractivity contribution in [2.24, 2.45) is 0 Å². The maximum Gasteiger partial charge on any atom is 0.326 e. The van der Waals surface area contributed by atoms with E-state index in [9.17, 15) is 9.90 Å². The van der Waals surface area contributed by atoms with Gasteiger partial charge in [-0.15, -0.1) is 0 Å². The van der Waals surface area contributed by atoms with E-state index in [1.165, 1.54) is 0 Å². The predicted octanol–water partition coefficient (Wildman–Crippen LogP) is 4.36. The lowest BCUT2D eigenvalue weighted by molar-refractivity contribution is -0.148. The van der Waals surface area contributed by atoms with E-state index in [1.807, 2.05) is 19.9 Å². The van der Waals surface area contributed by atoms with E-state index < -0.39 is 18.3 Å². The molecule has 0 saturated carbocycles. The van der Waals surface area contributed by atoms with Crippen LogP contribution in [0.15, 0.2) is 12.3 Å². The lowest BCUT2D eigenvalue weighted by Gasteiger charge is -2.23. The number of hydrogen-bond acceptors (Lipinski definition) is 5. The first-order chi connectivity index (χ1) is 12.5. The van der Waals surface area contributed by atoms with E-state index in [0.29, 0.717) is 36.4 Å². The van der Waals surface area contributed by atoms with Gasteiger partial charge in [0.15, 0.2) is 6.29 Å². The average molecular weight is 384 g/mol. The van der Waals surface area contributed by atoms with Crippen molar-refractivity contribution in [1.29, 1.82) is 0 Å². The number of aliphatic carboxylic acids is 1. The zero-order chi connectivity index (χ0) is 19.1. The molecule has 0 saturated heterocycles. The summed E-state index contributed by atoms with van der Waals surface area (Å²) in [5.41, 5.74) is 1.09. The summed E-state index contributed by atoms with van der Waals surface area (Å²) in [6.45, 7) is 6.69. The quantitative estimate of drug-likeness (QED) is 0.352. The van der Waals surface area contributed by atoms with Crippen molar-refractivity contribution in [3.63, 3.8) is 0 Å². The number of carboxylic acid groups (broad SMARTS) is 1. The van der Waals surface area contributed by atoms with Crippen molar-refractivity contribution >= 4 is 28.6 Å². The van der Waals surface area contributed by atoms with Crippen molar-refractivity contribution in [2.75, 3.05) is 13.2 Å². The number of unbranched alkanes of at least 4 members (excludes halogenated alkanes) is 2. The molecule has 26 heavy (non-hydrogen) atoms. The summed E-state index contributed by atoms with van der Waals surface area (Å²) < 4.78 is 13.1. The van der Waals surface area contributed by atoms with Crippen LogP contribution in [0, 0.1) is 0 Å². The molecule has 144 valence electrons. The van der Waals surface area contributed by atoms with E-state index in [2.05, 4.69) is 16.9 Å². The van der Waals surface area contributed by atoms with E-state index in [0.717, 1.165) is 19.3 Å². The van der Waals surface area contributed by atoms with Gasteiger partial charge in [0.05, 0.1) is 5.69 Å². The maximum atomic E-state index is 12.0. The molecule has 2 heterocycles. The molecule has 8 heteroatoms. The molecule has 0 bridgehead atoms. The van der Waals surface area contributed by atoms with Gasteiger partial charge in [0.1, 0.15) is 11.7 Å². The lowest BCUT2D eigenvalue weighted by atomic mass is 10.1.